The molecule has 0 aliphatic carbocycles. The van der Waals surface area contributed by atoms with Gasteiger partial charge in [-0.3, -0.25) is 0 Å². The van der Waals surface area contributed by atoms with Gasteiger partial charge >= 0.3 is 6.03 Å². The van der Waals surface area contributed by atoms with Crippen molar-refractivity contribution >= 4 is 34.5 Å². The Bertz CT molecular complexity index is 1310. The molecule has 0 spiro atoms. The first-order valence-corrected chi connectivity index (χ1v) is 11.9. The van der Waals surface area contributed by atoms with E-state index in [2.05, 4.69) is 22.0 Å². The fourth-order valence-corrected chi connectivity index (χ4v) is 4.81. The zero-order valence-corrected chi connectivity index (χ0v) is 20.2. The summed E-state index contributed by atoms with van der Waals surface area (Å²) in [7, 11) is 4.00. The van der Waals surface area contributed by atoms with Crippen molar-refractivity contribution in [2.24, 2.45) is 0 Å². The van der Waals surface area contributed by atoms with E-state index in [1.54, 1.807) is 0 Å². The van der Waals surface area contributed by atoms with E-state index in [-0.39, 0.29) is 11.9 Å². The van der Waals surface area contributed by atoms with Gasteiger partial charge in [0.15, 0.2) is 0 Å². The topological polar surface area (TPSA) is 52.9 Å². The third-order valence-electron chi connectivity index (χ3n) is 6.38. The van der Waals surface area contributed by atoms with E-state index in [9.17, 15) is 4.79 Å². The number of nitrogens with one attached hydrogen (secondary N) is 1. The summed E-state index contributed by atoms with van der Waals surface area (Å²) in [6.45, 7) is 1.37. The fraction of sp³-hybridized carbons (Fsp3) is 0.259. The number of hydrogen-bond acceptors (Lipinski definition) is 3. The second kappa shape index (κ2) is 9.39. The predicted octanol–water partition coefficient (Wildman–Crippen LogP) is 6.13. The average molecular weight is 474 g/mol. The molecule has 3 heterocycles. The first-order valence-electron chi connectivity index (χ1n) is 11.6. The van der Waals surface area contributed by atoms with E-state index in [0.717, 1.165) is 53.4 Å². The number of aromatic nitrogens is 2. The number of carbonyl (C=O) groups is 1. The molecule has 0 radical (unpaired) electrons. The summed E-state index contributed by atoms with van der Waals surface area (Å²) in [6, 6.07) is 21.7. The third kappa shape index (κ3) is 4.46. The zero-order valence-electron chi connectivity index (χ0n) is 19.4. The maximum absolute atomic E-state index is 13.1. The van der Waals surface area contributed by atoms with Gasteiger partial charge in [-0.05, 0) is 61.4 Å². The van der Waals surface area contributed by atoms with Crippen LogP contribution in [0.3, 0.4) is 0 Å². The first-order chi connectivity index (χ1) is 16.5. The molecule has 1 saturated heterocycles. The van der Waals surface area contributed by atoms with Crippen molar-refractivity contribution in [2.75, 3.05) is 37.4 Å². The van der Waals surface area contributed by atoms with Crippen LogP contribution in [-0.4, -0.2) is 47.5 Å². The van der Waals surface area contributed by atoms with E-state index >= 15 is 0 Å². The summed E-state index contributed by atoms with van der Waals surface area (Å²) in [5.41, 5.74) is 4.85. The van der Waals surface area contributed by atoms with Gasteiger partial charge < -0.3 is 19.5 Å². The molecular weight excluding hydrogens is 446 g/mol. The van der Waals surface area contributed by atoms with Crippen LogP contribution in [0, 0.1) is 0 Å². The summed E-state index contributed by atoms with van der Waals surface area (Å²) >= 11 is 6.26. The number of pyridine rings is 1. The molecular formula is C27H28ClN5O. The molecule has 6 nitrogen and oxygen atoms in total. The predicted molar refractivity (Wildman–Crippen MR) is 139 cm³/mol. The van der Waals surface area contributed by atoms with Crippen molar-refractivity contribution in [3.63, 3.8) is 0 Å². The summed E-state index contributed by atoms with van der Waals surface area (Å²) in [6.07, 6.45) is 3.98. The number of piperidine rings is 1. The van der Waals surface area contributed by atoms with Gasteiger partial charge in [0.1, 0.15) is 5.82 Å². The number of benzene rings is 2. The molecule has 1 aliphatic heterocycles. The van der Waals surface area contributed by atoms with Crippen molar-refractivity contribution in [3.8, 4) is 11.3 Å². The maximum atomic E-state index is 13.1. The minimum Gasteiger partial charge on any atom is -0.378 e. The lowest BCUT2D eigenvalue weighted by Gasteiger charge is -2.32. The van der Waals surface area contributed by atoms with Crippen LogP contribution in [0.4, 0.5) is 16.2 Å². The molecule has 2 amide bonds. The Morgan fingerprint density at radius 3 is 2.68 bits per heavy atom. The normalized spacial score (nSPS) is 16.0. The summed E-state index contributed by atoms with van der Waals surface area (Å²) in [4.78, 5) is 22.1. The number of anilines is 2. The van der Waals surface area contributed by atoms with Gasteiger partial charge in [0.05, 0.1) is 11.2 Å². The van der Waals surface area contributed by atoms with E-state index in [4.69, 9.17) is 16.6 Å². The number of urea groups is 1. The molecule has 5 rings (SSSR count). The molecule has 7 heteroatoms. The smallest absolute Gasteiger partial charge is 0.321 e. The van der Waals surface area contributed by atoms with Gasteiger partial charge in [0.2, 0.25) is 0 Å². The lowest BCUT2D eigenvalue weighted by atomic mass is 9.97. The second-order valence-electron chi connectivity index (χ2n) is 8.94. The number of imidazole rings is 1. The highest BCUT2D eigenvalue weighted by Gasteiger charge is 2.28. The highest BCUT2D eigenvalue weighted by Crippen LogP contribution is 2.33. The van der Waals surface area contributed by atoms with Crippen molar-refractivity contribution in [1.29, 1.82) is 0 Å². The SMILES string of the molecule is CN(C)c1ccc(NC(=O)N2CCC[C@@H](c3nc(-c4cccc(Cl)c4)c4ccccn34)C2)cc1. The van der Waals surface area contributed by atoms with Gasteiger partial charge in [0.25, 0.3) is 0 Å². The minimum atomic E-state index is -0.0711. The number of amides is 2. The molecule has 0 saturated carbocycles. The first kappa shape index (κ1) is 22.3. The van der Waals surface area contributed by atoms with Crippen LogP contribution < -0.4 is 10.2 Å². The van der Waals surface area contributed by atoms with Crippen molar-refractivity contribution in [3.05, 3.63) is 83.8 Å². The maximum Gasteiger partial charge on any atom is 0.321 e. The minimum absolute atomic E-state index is 0.0711. The van der Waals surface area contributed by atoms with Gasteiger partial charge in [-0.25, -0.2) is 9.78 Å². The molecule has 174 valence electrons. The Kier molecular flexibility index (Phi) is 6.16. The largest absolute Gasteiger partial charge is 0.378 e. The highest BCUT2D eigenvalue weighted by molar-refractivity contribution is 6.30. The van der Waals surface area contributed by atoms with Crippen LogP contribution in [0.5, 0.6) is 0 Å². The molecule has 1 fully saturated rings. The van der Waals surface area contributed by atoms with Crippen LogP contribution in [0.2, 0.25) is 5.02 Å². The van der Waals surface area contributed by atoms with E-state index in [1.165, 1.54) is 0 Å². The lowest BCUT2D eigenvalue weighted by Crippen LogP contribution is -2.42. The van der Waals surface area contributed by atoms with Crippen LogP contribution in [0.25, 0.3) is 16.8 Å². The van der Waals surface area contributed by atoms with Crippen molar-refractivity contribution in [1.82, 2.24) is 14.3 Å². The molecule has 1 N–H and O–H groups in total. The standard InChI is InChI=1S/C27H28ClN5O/c1-31(2)23-13-11-22(12-14-23)29-27(34)32-15-6-8-20(18-32)26-30-25(19-7-5-9-21(28)17-19)24-10-3-4-16-33(24)26/h3-5,7,9-14,16-17,20H,6,8,15,18H2,1-2H3,(H,29,34)/t20-/m1/s1. The number of halogens is 1. The van der Waals surface area contributed by atoms with Gasteiger partial charge in [-0.15, -0.1) is 0 Å². The average Bonchev–Trinajstić information content (AvgIpc) is 3.24. The summed E-state index contributed by atoms with van der Waals surface area (Å²) in [5, 5.41) is 3.74. The zero-order chi connectivity index (χ0) is 23.7. The number of likely N-dealkylation sites (tertiary alicyclic amines) is 1. The monoisotopic (exact) mass is 473 g/mol. The number of hydrogen-bond donors (Lipinski definition) is 1. The van der Waals surface area contributed by atoms with Crippen molar-refractivity contribution in [2.45, 2.75) is 18.8 Å². The quantitative estimate of drug-likeness (QED) is 0.387. The molecule has 1 aliphatic rings. The van der Waals surface area contributed by atoms with E-state index in [1.807, 2.05) is 84.6 Å². The Morgan fingerprint density at radius 2 is 1.91 bits per heavy atom. The molecule has 1 atom stereocenters. The van der Waals surface area contributed by atoms with Crippen LogP contribution in [0.1, 0.15) is 24.6 Å². The van der Waals surface area contributed by atoms with Crippen LogP contribution in [0.15, 0.2) is 72.9 Å². The lowest BCUT2D eigenvalue weighted by molar-refractivity contribution is 0.191. The molecule has 0 bridgehead atoms. The number of rotatable bonds is 4. The fourth-order valence-electron chi connectivity index (χ4n) is 4.62. The van der Waals surface area contributed by atoms with Gasteiger partial charge in [-0.1, -0.05) is 29.8 Å². The Balaban J connectivity index is 1.38. The summed E-state index contributed by atoms with van der Waals surface area (Å²) < 4.78 is 2.16. The number of fused-ring (bicyclic) bond motifs is 1. The van der Waals surface area contributed by atoms with Crippen molar-refractivity contribution < 1.29 is 4.79 Å². The van der Waals surface area contributed by atoms with Crippen LogP contribution in [-0.2, 0) is 0 Å². The molecule has 4 aromatic rings. The molecule has 2 aromatic heterocycles. The van der Waals surface area contributed by atoms with Crippen LogP contribution >= 0.6 is 11.6 Å². The molecule has 34 heavy (non-hydrogen) atoms. The Labute approximate surface area is 204 Å². The van der Waals surface area contributed by atoms with Gasteiger partial charge in [0, 0.05) is 61.3 Å². The van der Waals surface area contributed by atoms with E-state index < -0.39 is 0 Å². The number of nitrogens with zero attached hydrogens (tertiary/aromatic N) is 4. The Hall–Kier alpha value is -3.51. The second-order valence-corrected chi connectivity index (χ2v) is 9.38. The van der Waals surface area contributed by atoms with E-state index in [0.29, 0.717) is 11.6 Å². The Morgan fingerprint density at radius 1 is 1.09 bits per heavy atom. The molecule has 0 unspecified atom stereocenters. The highest BCUT2D eigenvalue weighted by atomic mass is 35.5. The number of carbonyl (C=O) groups excluding carboxylic acids is 1. The summed E-state index contributed by atoms with van der Waals surface area (Å²) in [5.74, 6) is 1.14. The third-order valence-corrected chi connectivity index (χ3v) is 6.62. The molecule has 2 aromatic carbocycles. The van der Waals surface area contributed by atoms with Gasteiger partial charge in [-0.2, -0.15) is 0 Å².